The van der Waals surface area contributed by atoms with Crippen LogP contribution in [0.25, 0.3) is 0 Å². The maximum absolute atomic E-state index is 10.3. The fourth-order valence-electron chi connectivity index (χ4n) is 4.94. The van der Waals surface area contributed by atoms with E-state index in [2.05, 4.69) is 6.92 Å². The molecule has 20 heavy (non-hydrogen) atoms. The molecule has 0 spiro atoms. The van der Waals surface area contributed by atoms with Crippen LogP contribution in [0.15, 0.2) is 0 Å². The normalized spacial score (nSPS) is 47.0. The highest BCUT2D eigenvalue weighted by Crippen LogP contribution is 2.42. The van der Waals surface area contributed by atoms with Crippen LogP contribution in [-0.4, -0.2) is 41.4 Å². The van der Waals surface area contributed by atoms with E-state index in [1.54, 1.807) is 7.11 Å². The molecule has 0 aromatic heterocycles. The van der Waals surface area contributed by atoms with Crippen molar-refractivity contribution in [3.8, 4) is 0 Å². The topological polar surface area (TPSA) is 42.3 Å². The molecule has 2 N–H and O–H groups in total. The second-order valence-electron chi connectivity index (χ2n) is 7.29. The van der Waals surface area contributed by atoms with Gasteiger partial charge in [0.05, 0.1) is 18.1 Å². The maximum Gasteiger partial charge on any atom is 0.162 e. The number of hydrogen-bond acceptors (Lipinski definition) is 2. The van der Waals surface area contributed by atoms with Crippen LogP contribution in [0.4, 0.5) is 0 Å². The Morgan fingerprint density at radius 3 is 2.45 bits per heavy atom. The molecule has 1 aliphatic heterocycles. The molecule has 116 valence electrons. The van der Waals surface area contributed by atoms with Crippen LogP contribution in [0.1, 0.15) is 58.3 Å². The van der Waals surface area contributed by atoms with Crippen LogP contribution in [-0.2, 0) is 4.74 Å². The van der Waals surface area contributed by atoms with Crippen LogP contribution in [0, 0.1) is 17.8 Å². The van der Waals surface area contributed by atoms with E-state index in [0.29, 0.717) is 18.1 Å². The van der Waals surface area contributed by atoms with Crippen LogP contribution in [0.5, 0.6) is 0 Å². The molecule has 6 unspecified atom stereocenters. The number of aliphatic hydroxyl groups excluding tert-OH is 1. The lowest BCUT2D eigenvalue weighted by Crippen LogP contribution is -2.55. The fraction of sp³-hybridized carbons (Fsp3) is 1.00. The summed E-state index contributed by atoms with van der Waals surface area (Å²) >= 11 is 0. The predicted molar refractivity (Wildman–Crippen MR) is 79.7 cm³/mol. The van der Waals surface area contributed by atoms with Gasteiger partial charge in [-0.15, -0.1) is 0 Å². The Hall–Kier alpha value is -0.120. The summed E-state index contributed by atoms with van der Waals surface area (Å²) in [6.45, 7) is 2.13. The van der Waals surface area contributed by atoms with Crippen molar-refractivity contribution < 1.29 is 14.6 Å². The third-order valence-electron chi connectivity index (χ3n) is 6.17. The second kappa shape index (κ2) is 6.33. The Balaban J connectivity index is 1.65. The van der Waals surface area contributed by atoms with Crippen molar-refractivity contribution in [2.24, 2.45) is 17.8 Å². The number of ether oxygens (including phenoxy) is 2. The van der Waals surface area contributed by atoms with Crippen LogP contribution >= 0.6 is 0 Å². The zero-order valence-corrected chi connectivity index (χ0v) is 13.0. The Labute approximate surface area is 123 Å². The van der Waals surface area contributed by atoms with Crippen molar-refractivity contribution in [2.45, 2.75) is 82.7 Å². The number of hydrogen-bond donors (Lipinski definition) is 1. The molecule has 1 heterocycles. The lowest BCUT2D eigenvalue weighted by atomic mass is 9.70. The van der Waals surface area contributed by atoms with Gasteiger partial charge >= 0.3 is 0 Å². The summed E-state index contributed by atoms with van der Waals surface area (Å²) in [6, 6.07) is 0. The molecule has 6 atom stereocenters. The molecule has 2 saturated carbocycles. The average molecular weight is 283 g/mol. The monoisotopic (exact) mass is 283 g/mol. The van der Waals surface area contributed by atoms with Gasteiger partial charge in [0.2, 0.25) is 0 Å². The Morgan fingerprint density at radius 1 is 1.00 bits per heavy atom. The van der Waals surface area contributed by atoms with E-state index in [4.69, 9.17) is 9.47 Å². The molecule has 3 heteroatoms. The Morgan fingerprint density at radius 2 is 1.75 bits per heavy atom. The maximum atomic E-state index is 10.3. The standard InChI is InChI=1S/C17H30O3/c1-11-14(18)10-16-13(17(11)19-2)8-9-15(20-16)12-6-4-3-5-7-12/h11-18H,3-10H2,1-2H3/p+1. The van der Waals surface area contributed by atoms with Crippen LogP contribution in [0.3, 0.4) is 0 Å². The Bertz CT molecular complexity index is 313. The second-order valence-corrected chi connectivity index (χ2v) is 7.29. The molecule has 3 aliphatic rings. The van der Waals surface area contributed by atoms with Gasteiger partial charge in [0.15, 0.2) is 12.2 Å². The quantitative estimate of drug-likeness (QED) is 0.792. The third-order valence-corrected chi connectivity index (χ3v) is 6.17. The van der Waals surface area contributed by atoms with Gasteiger partial charge in [-0.1, -0.05) is 26.2 Å². The van der Waals surface area contributed by atoms with Gasteiger partial charge in [0.25, 0.3) is 0 Å². The van der Waals surface area contributed by atoms with Crippen molar-refractivity contribution in [1.82, 2.24) is 0 Å². The minimum atomic E-state index is -0.241. The molecular weight excluding hydrogens is 252 g/mol. The van der Waals surface area contributed by atoms with E-state index < -0.39 is 0 Å². The van der Waals surface area contributed by atoms with Crippen molar-refractivity contribution in [3.63, 3.8) is 0 Å². The first-order valence-electron chi connectivity index (χ1n) is 8.61. The van der Waals surface area contributed by atoms with Gasteiger partial charge < -0.3 is 14.6 Å². The summed E-state index contributed by atoms with van der Waals surface area (Å²) in [5.74, 6) is 1.61. The van der Waals surface area contributed by atoms with Crippen LogP contribution in [0.2, 0.25) is 0 Å². The largest absolute Gasteiger partial charge is 0.429 e. The highest BCUT2D eigenvalue weighted by Gasteiger charge is 2.50. The SMILES string of the molecule is COC1C(C)C(O)CC2[OH+]C(C3CCCCC3)CCC21. The zero-order valence-electron chi connectivity index (χ0n) is 13.0. The molecule has 1 saturated heterocycles. The number of rotatable bonds is 2. The van der Waals surface area contributed by atoms with Crippen molar-refractivity contribution in [2.75, 3.05) is 7.11 Å². The molecule has 3 fully saturated rings. The molecule has 2 aliphatic carbocycles. The van der Waals surface area contributed by atoms with Crippen molar-refractivity contribution >= 4 is 0 Å². The zero-order chi connectivity index (χ0) is 14.1. The number of fused-ring (bicyclic) bond motifs is 1. The van der Waals surface area contributed by atoms with E-state index in [0.717, 1.165) is 12.3 Å². The highest BCUT2D eigenvalue weighted by molar-refractivity contribution is 4.95. The van der Waals surface area contributed by atoms with Crippen LogP contribution < -0.4 is 0 Å². The molecule has 0 aromatic rings. The predicted octanol–water partition coefficient (Wildman–Crippen LogP) is 2.66. The number of aliphatic hydroxyl groups is 3. The molecule has 0 amide bonds. The van der Waals surface area contributed by atoms with E-state index in [-0.39, 0.29) is 18.1 Å². The summed E-state index contributed by atoms with van der Waals surface area (Å²) in [5.41, 5.74) is 0. The summed E-state index contributed by atoms with van der Waals surface area (Å²) < 4.78 is 10.9. The van der Waals surface area contributed by atoms with E-state index in [9.17, 15) is 5.11 Å². The summed E-state index contributed by atoms with van der Waals surface area (Å²) in [6.07, 6.45) is 11.1. The average Bonchev–Trinajstić information content (AvgIpc) is 2.49. The lowest BCUT2D eigenvalue weighted by molar-refractivity contribution is -0.274. The van der Waals surface area contributed by atoms with E-state index in [1.165, 1.54) is 44.9 Å². The van der Waals surface area contributed by atoms with Gasteiger partial charge in [-0.2, -0.15) is 0 Å². The first-order valence-corrected chi connectivity index (χ1v) is 8.61. The van der Waals surface area contributed by atoms with Gasteiger partial charge in [0, 0.05) is 31.8 Å². The number of methoxy groups -OCH3 is 1. The Kier molecular flexibility index (Phi) is 4.68. The van der Waals surface area contributed by atoms with E-state index in [1.807, 2.05) is 0 Å². The van der Waals surface area contributed by atoms with Gasteiger partial charge in [-0.05, 0) is 19.3 Å². The summed E-state index contributed by atoms with van der Waals surface area (Å²) in [7, 11) is 1.80. The fourth-order valence-corrected chi connectivity index (χ4v) is 4.94. The van der Waals surface area contributed by atoms with Crippen molar-refractivity contribution in [3.05, 3.63) is 0 Å². The molecule has 3 rings (SSSR count). The van der Waals surface area contributed by atoms with Gasteiger partial charge in [0.1, 0.15) is 0 Å². The van der Waals surface area contributed by atoms with Gasteiger partial charge in [-0.3, -0.25) is 0 Å². The minimum absolute atomic E-state index is 0.194. The smallest absolute Gasteiger partial charge is 0.162 e. The summed E-state index contributed by atoms with van der Waals surface area (Å²) in [4.78, 5) is 0. The molecule has 3 nitrogen and oxygen atoms in total. The highest BCUT2D eigenvalue weighted by atomic mass is 16.5. The summed E-state index contributed by atoms with van der Waals surface area (Å²) in [5, 5.41) is 10.3. The molecule has 0 radical (unpaired) electrons. The third kappa shape index (κ3) is 2.77. The van der Waals surface area contributed by atoms with E-state index >= 15 is 0 Å². The van der Waals surface area contributed by atoms with Gasteiger partial charge in [-0.25, -0.2) is 0 Å². The molecular formula is C17H31O3+. The first kappa shape index (κ1) is 14.8. The lowest BCUT2D eigenvalue weighted by Gasteiger charge is -2.46. The molecule has 0 aromatic carbocycles. The molecule has 0 bridgehead atoms. The minimum Gasteiger partial charge on any atom is -0.429 e. The first-order chi connectivity index (χ1) is 9.70. The van der Waals surface area contributed by atoms with Crippen molar-refractivity contribution in [1.29, 1.82) is 0 Å².